The molecule has 1 aliphatic heterocycles. The van der Waals surface area contributed by atoms with Gasteiger partial charge in [0.25, 0.3) is 5.56 Å². The van der Waals surface area contributed by atoms with E-state index >= 15 is 0 Å². The smallest absolute Gasteiger partial charge is 0.449 e. The van der Waals surface area contributed by atoms with Crippen molar-refractivity contribution in [2.24, 2.45) is 0 Å². The Kier molecular flexibility index (Phi) is 3.87. The molecule has 8 heteroatoms. The number of β-amino-alcohol motifs (C(OH)–C–C–N with tert-alkyl or cyclic N) is 1. The average molecular weight is 362 g/mol. The summed E-state index contributed by atoms with van der Waals surface area (Å²) in [6.45, 7) is 2.64. The number of ether oxygens (including phenoxy) is 1. The number of aromatic nitrogens is 1. The molecule has 2 aromatic heterocycles. The average Bonchev–Trinajstić information content (AvgIpc) is 3.32. The fraction of sp³-hybridized carbons (Fsp3) is 0.444. The minimum absolute atomic E-state index is 0.197. The normalized spacial score (nSPS) is 20.0. The lowest BCUT2D eigenvalue weighted by Crippen LogP contribution is -2.26. The molecular formula is C18H19FN2O5. The molecule has 1 saturated carbocycles. The summed E-state index contributed by atoms with van der Waals surface area (Å²) in [6.07, 6.45) is 1.43. The Hall–Kier alpha value is -2.61. The minimum atomic E-state index is -1.58. The second-order valence-electron chi connectivity index (χ2n) is 6.97. The summed E-state index contributed by atoms with van der Waals surface area (Å²) >= 11 is 0. The highest BCUT2D eigenvalue weighted by atomic mass is 19.1. The molecule has 3 heterocycles. The largest absolute Gasteiger partial charge is 0.511 e. The molecule has 7 nitrogen and oxygen atoms in total. The van der Waals surface area contributed by atoms with Crippen molar-refractivity contribution >= 4 is 17.4 Å². The van der Waals surface area contributed by atoms with Gasteiger partial charge in [-0.2, -0.15) is 0 Å². The molecule has 0 spiro atoms. The standard InChI is InChI=1S/C18H19FN2O5/c1-9-15-12(10-2-3-10)6-14(26-18(24)25)17(23)21(15)8-13(19)16(9)20-5-4-11(22)7-20/h6,8,10-11,22H,2-5,7H2,1H3,(H,24,25). The van der Waals surface area contributed by atoms with Gasteiger partial charge in [-0.15, -0.1) is 0 Å². The van der Waals surface area contributed by atoms with E-state index < -0.39 is 23.6 Å². The maximum atomic E-state index is 14.8. The van der Waals surface area contributed by atoms with E-state index in [1.54, 1.807) is 11.8 Å². The van der Waals surface area contributed by atoms with Crippen molar-refractivity contribution in [2.75, 3.05) is 18.0 Å². The summed E-state index contributed by atoms with van der Waals surface area (Å²) in [6, 6.07) is 1.47. The number of rotatable bonds is 3. The van der Waals surface area contributed by atoms with Crippen LogP contribution in [-0.4, -0.2) is 40.0 Å². The lowest BCUT2D eigenvalue weighted by molar-refractivity contribution is 0.143. The molecule has 2 aliphatic rings. The maximum absolute atomic E-state index is 14.8. The highest BCUT2D eigenvalue weighted by Crippen LogP contribution is 2.44. The molecule has 0 aromatic carbocycles. The van der Waals surface area contributed by atoms with Gasteiger partial charge in [0.05, 0.1) is 23.5 Å². The van der Waals surface area contributed by atoms with Gasteiger partial charge in [-0.3, -0.25) is 9.20 Å². The van der Waals surface area contributed by atoms with Crippen LogP contribution in [0, 0.1) is 12.7 Å². The number of carboxylic acid groups (broad SMARTS) is 1. The van der Waals surface area contributed by atoms with Crippen LogP contribution in [0.1, 0.15) is 36.3 Å². The number of aliphatic hydroxyl groups is 1. The second kappa shape index (κ2) is 5.98. The van der Waals surface area contributed by atoms with E-state index in [2.05, 4.69) is 4.74 Å². The van der Waals surface area contributed by atoms with Crippen molar-refractivity contribution in [1.29, 1.82) is 0 Å². The van der Waals surface area contributed by atoms with Crippen LogP contribution in [0.3, 0.4) is 0 Å². The van der Waals surface area contributed by atoms with E-state index in [0.29, 0.717) is 36.3 Å². The Morgan fingerprint density at radius 3 is 2.65 bits per heavy atom. The maximum Gasteiger partial charge on any atom is 0.511 e. The van der Waals surface area contributed by atoms with E-state index in [1.807, 2.05) is 0 Å². The molecule has 0 amide bonds. The molecule has 2 N–H and O–H groups in total. The predicted molar refractivity (Wildman–Crippen MR) is 91.8 cm³/mol. The van der Waals surface area contributed by atoms with E-state index in [0.717, 1.165) is 29.0 Å². The van der Waals surface area contributed by atoms with Crippen molar-refractivity contribution in [1.82, 2.24) is 4.40 Å². The molecule has 26 heavy (non-hydrogen) atoms. The van der Waals surface area contributed by atoms with Crippen LogP contribution in [0.25, 0.3) is 5.52 Å². The first-order valence-corrected chi connectivity index (χ1v) is 8.59. The quantitative estimate of drug-likeness (QED) is 0.814. The van der Waals surface area contributed by atoms with Crippen LogP contribution in [0.2, 0.25) is 0 Å². The van der Waals surface area contributed by atoms with Crippen LogP contribution in [-0.2, 0) is 0 Å². The summed E-state index contributed by atoms with van der Waals surface area (Å²) in [5, 5.41) is 18.6. The van der Waals surface area contributed by atoms with Gasteiger partial charge in [0.1, 0.15) is 0 Å². The van der Waals surface area contributed by atoms with Gasteiger partial charge in [-0.05, 0) is 49.3 Å². The van der Waals surface area contributed by atoms with Crippen LogP contribution >= 0.6 is 0 Å². The van der Waals surface area contributed by atoms with Gasteiger partial charge in [-0.1, -0.05) is 0 Å². The Labute approximate surface area is 148 Å². The van der Waals surface area contributed by atoms with E-state index in [4.69, 9.17) is 5.11 Å². The highest BCUT2D eigenvalue weighted by molar-refractivity contribution is 5.74. The molecule has 0 bridgehead atoms. The van der Waals surface area contributed by atoms with Crippen molar-refractivity contribution in [3.05, 3.63) is 39.6 Å². The zero-order chi connectivity index (χ0) is 18.6. The van der Waals surface area contributed by atoms with Crippen LogP contribution in [0.4, 0.5) is 14.9 Å². The van der Waals surface area contributed by atoms with Gasteiger partial charge in [0.15, 0.2) is 11.6 Å². The first kappa shape index (κ1) is 16.8. The molecule has 0 radical (unpaired) electrons. The zero-order valence-electron chi connectivity index (χ0n) is 14.2. The predicted octanol–water partition coefficient (Wildman–Crippen LogP) is 2.25. The number of aryl methyl sites for hydroxylation is 1. The van der Waals surface area contributed by atoms with Crippen molar-refractivity contribution < 1.29 is 24.1 Å². The molecule has 2 aromatic rings. The number of nitrogens with zero attached hydrogens (tertiary/aromatic N) is 2. The van der Waals surface area contributed by atoms with Crippen molar-refractivity contribution in [3.8, 4) is 5.75 Å². The monoisotopic (exact) mass is 362 g/mol. The molecule has 1 unspecified atom stereocenters. The van der Waals surface area contributed by atoms with E-state index in [9.17, 15) is 19.1 Å². The molecule has 1 saturated heterocycles. The molecule has 138 valence electrons. The van der Waals surface area contributed by atoms with Crippen LogP contribution < -0.4 is 15.2 Å². The zero-order valence-corrected chi connectivity index (χ0v) is 14.2. The van der Waals surface area contributed by atoms with Crippen LogP contribution in [0.15, 0.2) is 17.1 Å². The van der Waals surface area contributed by atoms with Crippen molar-refractivity contribution in [2.45, 2.75) is 38.2 Å². The number of pyridine rings is 2. The number of aliphatic hydroxyl groups excluding tert-OH is 1. The molecular weight excluding hydrogens is 343 g/mol. The summed E-state index contributed by atoms with van der Waals surface area (Å²) < 4.78 is 20.6. The number of carbonyl (C=O) groups is 1. The molecule has 1 aliphatic carbocycles. The minimum Gasteiger partial charge on any atom is -0.449 e. The number of fused-ring (bicyclic) bond motifs is 1. The van der Waals surface area contributed by atoms with Gasteiger partial charge in [-0.25, -0.2) is 9.18 Å². The fourth-order valence-corrected chi connectivity index (χ4v) is 3.82. The Morgan fingerprint density at radius 1 is 1.35 bits per heavy atom. The number of hydrogen-bond acceptors (Lipinski definition) is 5. The number of halogens is 1. The van der Waals surface area contributed by atoms with Gasteiger partial charge >= 0.3 is 6.16 Å². The lowest BCUT2D eigenvalue weighted by atomic mass is 10.0. The third kappa shape index (κ3) is 2.70. The van der Waals surface area contributed by atoms with Gasteiger partial charge in [0.2, 0.25) is 0 Å². The molecule has 1 atom stereocenters. The van der Waals surface area contributed by atoms with Crippen LogP contribution in [0.5, 0.6) is 5.75 Å². The number of hydrogen-bond donors (Lipinski definition) is 2. The van der Waals surface area contributed by atoms with Crippen molar-refractivity contribution in [3.63, 3.8) is 0 Å². The Balaban J connectivity index is 1.97. The first-order valence-electron chi connectivity index (χ1n) is 8.59. The Bertz CT molecular complexity index is 966. The third-order valence-corrected chi connectivity index (χ3v) is 5.10. The van der Waals surface area contributed by atoms with E-state index in [-0.39, 0.29) is 11.7 Å². The fourth-order valence-electron chi connectivity index (χ4n) is 3.82. The number of anilines is 1. The highest BCUT2D eigenvalue weighted by Gasteiger charge is 2.31. The molecule has 4 rings (SSSR count). The summed E-state index contributed by atoms with van der Waals surface area (Å²) in [7, 11) is 0. The second-order valence-corrected chi connectivity index (χ2v) is 6.97. The Morgan fingerprint density at radius 2 is 2.08 bits per heavy atom. The third-order valence-electron chi connectivity index (χ3n) is 5.10. The summed E-state index contributed by atoms with van der Waals surface area (Å²) in [5.74, 6) is -0.705. The first-order chi connectivity index (χ1) is 12.4. The summed E-state index contributed by atoms with van der Waals surface area (Å²) in [4.78, 5) is 25.3. The van der Waals surface area contributed by atoms with Gasteiger partial charge in [0, 0.05) is 13.1 Å². The lowest BCUT2D eigenvalue weighted by Gasteiger charge is -2.23. The molecule has 2 fully saturated rings. The van der Waals surface area contributed by atoms with E-state index in [1.165, 1.54) is 6.07 Å². The topological polar surface area (TPSA) is 91.5 Å². The summed E-state index contributed by atoms with van der Waals surface area (Å²) in [5.41, 5.74) is 1.67. The SMILES string of the molecule is Cc1c(N2CCC(O)C2)c(F)cn2c(=O)c(OC(=O)O)cc(C3CC3)c12. The van der Waals surface area contributed by atoms with Gasteiger partial charge < -0.3 is 19.8 Å².